The maximum Gasteiger partial charge on any atom is 0.266 e. The van der Waals surface area contributed by atoms with Crippen LogP contribution >= 0.6 is 34.8 Å². The van der Waals surface area contributed by atoms with E-state index in [2.05, 4.69) is 55.7 Å². The first-order chi connectivity index (χ1) is 24.5. The number of amides is 2. The van der Waals surface area contributed by atoms with Gasteiger partial charge in [0.15, 0.2) is 0 Å². The highest BCUT2D eigenvalue weighted by Crippen LogP contribution is 2.40. The van der Waals surface area contributed by atoms with E-state index in [4.69, 9.17) is 39.4 Å². The van der Waals surface area contributed by atoms with Gasteiger partial charge in [0.2, 0.25) is 5.91 Å². The smallest absolute Gasteiger partial charge is 0.266 e. The molecule has 5 rings (SSSR count). The van der Waals surface area contributed by atoms with E-state index in [1.165, 1.54) is 5.56 Å². The van der Waals surface area contributed by atoms with Crippen LogP contribution in [0.2, 0.25) is 15.1 Å². The molecule has 5 aromatic rings. The third-order valence-electron chi connectivity index (χ3n) is 8.83. The van der Waals surface area contributed by atoms with Gasteiger partial charge in [0.1, 0.15) is 0 Å². The van der Waals surface area contributed by atoms with E-state index >= 15 is 0 Å². The van der Waals surface area contributed by atoms with Crippen LogP contribution in [0, 0.1) is 6.92 Å². The number of nitrogens with one attached hydrogen (secondary N) is 2. The third-order valence-corrected chi connectivity index (χ3v) is 10.8. The highest BCUT2D eigenvalue weighted by Gasteiger charge is 2.23. The summed E-state index contributed by atoms with van der Waals surface area (Å²) in [6, 6.07) is 32.3. The SMILES string of the molecule is Cc1cc(NC(=O)C(Cc2ccc(C(=O)NCCS(=O)(=O)O)cc2)c2ccc(-c3ccc(C(C)(C)C)cc3)cc2)ccc1-c1ccc(Cl)c(Cl)c1Cl. The van der Waals surface area contributed by atoms with Gasteiger partial charge in [-0.2, -0.15) is 8.42 Å². The molecule has 0 aliphatic carbocycles. The first-order valence-electron chi connectivity index (χ1n) is 16.6. The summed E-state index contributed by atoms with van der Waals surface area (Å²) in [6.45, 7) is 8.24. The van der Waals surface area contributed by atoms with Crippen molar-refractivity contribution in [2.45, 2.75) is 45.4 Å². The Hall–Kier alpha value is -4.18. The molecule has 0 aliphatic heterocycles. The fourth-order valence-corrected chi connectivity index (χ4v) is 6.86. The zero-order valence-electron chi connectivity index (χ0n) is 29.1. The summed E-state index contributed by atoms with van der Waals surface area (Å²) < 4.78 is 30.9. The molecule has 1 atom stereocenters. The van der Waals surface area contributed by atoms with Crippen LogP contribution in [0.3, 0.4) is 0 Å². The molecule has 0 aliphatic rings. The Bertz CT molecular complexity index is 2200. The van der Waals surface area contributed by atoms with Crippen LogP contribution in [-0.4, -0.2) is 37.1 Å². The largest absolute Gasteiger partial charge is 0.351 e. The average Bonchev–Trinajstić information content (AvgIpc) is 3.09. The Balaban J connectivity index is 1.40. The minimum atomic E-state index is -4.19. The Kier molecular flexibility index (Phi) is 12.2. The second-order valence-corrected chi connectivity index (χ2v) is 16.4. The maximum atomic E-state index is 14.1. The number of aryl methyl sites for hydroxylation is 1. The van der Waals surface area contributed by atoms with Crippen molar-refractivity contribution in [2.24, 2.45) is 0 Å². The normalized spacial score (nSPS) is 12.3. The lowest BCUT2D eigenvalue weighted by molar-refractivity contribution is -0.117. The lowest BCUT2D eigenvalue weighted by Crippen LogP contribution is -2.28. The van der Waals surface area contributed by atoms with Crippen LogP contribution in [0.5, 0.6) is 0 Å². The third kappa shape index (κ3) is 9.82. The van der Waals surface area contributed by atoms with Crippen LogP contribution in [0.4, 0.5) is 5.69 Å². The number of benzene rings is 5. The minimum Gasteiger partial charge on any atom is -0.351 e. The highest BCUT2D eigenvalue weighted by atomic mass is 35.5. The van der Waals surface area contributed by atoms with Gasteiger partial charge in [-0.3, -0.25) is 14.1 Å². The van der Waals surface area contributed by atoms with Gasteiger partial charge < -0.3 is 10.6 Å². The molecule has 52 heavy (non-hydrogen) atoms. The molecular weight excluding hydrogens is 739 g/mol. The van der Waals surface area contributed by atoms with Crippen LogP contribution in [0.15, 0.2) is 103 Å². The molecule has 270 valence electrons. The van der Waals surface area contributed by atoms with Crippen molar-refractivity contribution in [1.82, 2.24) is 5.32 Å². The molecule has 0 saturated heterocycles. The molecule has 3 N–H and O–H groups in total. The van der Waals surface area contributed by atoms with Gasteiger partial charge in [0.25, 0.3) is 16.0 Å². The quantitative estimate of drug-likeness (QED) is 0.0913. The molecule has 0 heterocycles. The summed E-state index contributed by atoms with van der Waals surface area (Å²) in [6.07, 6.45) is 0.339. The molecule has 5 aromatic carbocycles. The van der Waals surface area contributed by atoms with E-state index in [1.807, 2.05) is 55.5 Å². The molecule has 2 amide bonds. The Morgan fingerprint density at radius 3 is 1.94 bits per heavy atom. The molecule has 0 bridgehead atoms. The van der Waals surface area contributed by atoms with E-state index in [-0.39, 0.29) is 22.9 Å². The van der Waals surface area contributed by atoms with E-state index in [0.717, 1.165) is 38.9 Å². The van der Waals surface area contributed by atoms with Gasteiger partial charge in [-0.05, 0) is 88.0 Å². The van der Waals surface area contributed by atoms with Gasteiger partial charge in [-0.1, -0.05) is 128 Å². The Labute approximate surface area is 320 Å². The molecule has 0 fully saturated rings. The molecule has 0 aromatic heterocycles. The second-order valence-electron chi connectivity index (χ2n) is 13.7. The van der Waals surface area contributed by atoms with Crippen LogP contribution in [-0.2, 0) is 26.7 Å². The number of carbonyl (C=O) groups excluding carboxylic acids is 2. The maximum absolute atomic E-state index is 14.1. The van der Waals surface area contributed by atoms with Gasteiger partial charge in [-0.15, -0.1) is 0 Å². The number of carbonyl (C=O) groups is 2. The van der Waals surface area contributed by atoms with Gasteiger partial charge >= 0.3 is 0 Å². The summed E-state index contributed by atoms with van der Waals surface area (Å²) in [5.74, 6) is -1.86. The molecule has 7 nitrogen and oxygen atoms in total. The van der Waals surface area contributed by atoms with E-state index in [9.17, 15) is 18.0 Å². The Morgan fingerprint density at radius 1 is 0.769 bits per heavy atom. The molecule has 11 heteroatoms. The van der Waals surface area contributed by atoms with Gasteiger partial charge in [0.05, 0.1) is 26.7 Å². The van der Waals surface area contributed by atoms with E-state index in [0.29, 0.717) is 27.7 Å². The monoisotopic (exact) mass is 776 g/mol. The first kappa shape index (κ1) is 39.0. The molecule has 0 saturated carbocycles. The lowest BCUT2D eigenvalue weighted by atomic mass is 9.86. The van der Waals surface area contributed by atoms with Gasteiger partial charge in [-0.25, -0.2) is 0 Å². The predicted octanol–water partition coefficient (Wildman–Crippen LogP) is 10.2. The second kappa shape index (κ2) is 16.2. The Morgan fingerprint density at radius 2 is 1.37 bits per heavy atom. The molecule has 0 spiro atoms. The lowest BCUT2D eigenvalue weighted by Gasteiger charge is -2.20. The summed E-state index contributed by atoms with van der Waals surface area (Å²) in [5.41, 5.74) is 8.41. The average molecular weight is 778 g/mol. The van der Waals surface area contributed by atoms with Crippen molar-refractivity contribution in [1.29, 1.82) is 0 Å². The van der Waals surface area contributed by atoms with Crippen LogP contribution in [0.25, 0.3) is 22.3 Å². The predicted molar refractivity (Wildman–Crippen MR) is 212 cm³/mol. The molecule has 0 radical (unpaired) electrons. The fourth-order valence-electron chi connectivity index (χ4n) is 5.86. The standard InChI is InChI=1S/C41H39Cl3N2O5S/c1-25-23-32(17-18-33(25)34-19-20-36(42)38(44)37(34)43)46-40(48)35(24-26-5-7-30(8-6-26)39(47)45-21-22-52(49,50)51)29-11-9-27(10-12-29)28-13-15-31(16-14-28)41(2,3)4/h5-20,23,35H,21-22,24H2,1-4H3,(H,45,47)(H,46,48)(H,49,50,51). The highest BCUT2D eigenvalue weighted by molar-refractivity contribution is 7.85. The number of hydrogen-bond donors (Lipinski definition) is 3. The molecular formula is C41H39Cl3N2O5S. The van der Waals surface area contributed by atoms with Crippen molar-refractivity contribution in [3.8, 4) is 22.3 Å². The van der Waals surface area contributed by atoms with Gasteiger partial charge in [0, 0.05) is 23.4 Å². The zero-order chi connectivity index (χ0) is 37.8. The van der Waals surface area contributed by atoms with E-state index in [1.54, 1.807) is 30.3 Å². The number of hydrogen-bond acceptors (Lipinski definition) is 4. The molecule has 1 unspecified atom stereocenters. The van der Waals surface area contributed by atoms with Crippen molar-refractivity contribution in [3.05, 3.63) is 146 Å². The minimum absolute atomic E-state index is 0.0452. The zero-order valence-corrected chi connectivity index (χ0v) is 32.2. The van der Waals surface area contributed by atoms with Crippen molar-refractivity contribution in [2.75, 3.05) is 17.6 Å². The number of anilines is 1. The van der Waals surface area contributed by atoms with Crippen LogP contribution < -0.4 is 10.6 Å². The van der Waals surface area contributed by atoms with E-state index < -0.39 is 27.7 Å². The van der Waals surface area contributed by atoms with Crippen molar-refractivity contribution < 1.29 is 22.6 Å². The summed E-state index contributed by atoms with van der Waals surface area (Å²) >= 11 is 19.0. The number of rotatable bonds is 11. The summed E-state index contributed by atoms with van der Waals surface area (Å²) in [7, 11) is -4.19. The summed E-state index contributed by atoms with van der Waals surface area (Å²) in [5, 5.41) is 6.57. The summed E-state index contributed by atoms with van der Waals surface area (Å²) in [4.78, 5) is 26.6. The van der Waals surface area contributed by atoms with Crippen molar-refractivity contribution >= 4 is 62.4 Å². The van der Waals surface area contributed by atoms with Crippen molar-refractivity contribution in [3.63, 3.8) is 0 Å². The van der Waals surface area contributed by atoms with Crippen LogP contribution in [0.1, 0.15) is 59.3 Å². The number of halogens is 3. The topological polar surface area (TPSA) is 113 Å². The first-order valence-corrected chi connectivity index (χ1v) is 19.3. The fraction of sp³-hybridized carbons (Fsp3) is 0.220.